The maximum absolute atomic E-state index is 6.30. The van der Waals surface area contributed by atoms with E-state index >= 15 is 0 Å². The largest absolute Gasteiger partial charge is 0.377 e. The van der Waals surface area contributed by atoms with Crippen LogP contribution in [0, 0.1) is 0 Å². The smallest absolute Gasteiger partial charge is 0.0702 e. The molecule has 1 heterocycles. The molecule has 1 aliphatic heterocycles. The molecule has 1 aliphatic carbocycles. The minimum absolute atomic E-state index is 0.367. The Balaban J connectivity index is 1.81. The summed E-state index contributed by atoms with van der Waals surface area (Å²) in [6.07, 6.45) is 10.7. The standard InChI is InChI=1S/C14H28N2O/c1-16(11-12-7-5-6-10-17-12)14-9-4-2-3-8-13(14)15/h12-14H,2-11,15H2,1H3. The maximum Gasteiger partial charge on any atom is 0.0702 e. The highest BCUT2D eigenvalue weighted by Crippen LogP contribution is 2.22. The first-order valence-electron chi connectivity index (χ1n) is 7.35. The fourth-order valence-corrected chi connectivity index (χ4v) is 3.27. The van der Waals surface area contributed by atoms with Crippen molar-refractivity contribution in [2.24, 2.45) is 5.73 Å². The molecule has 17 heavy (non-hydrogen) atoms. The van der Waals surface area contributed by atoms with Crippen molar-refractivity contribution in [3.05, 3.63) is 0 Å². The molecule has 2 N–H and O–H groups in total. The zero-order valence-electron chi connectivity index (χ0n) is 11.2. The van der Waals surface area contributed by atoms with Crippen LogP contribution in [0.2, 0.25) is 0 Å². The number of ether oxygens (including phenoxy) is 1. The topological polar surface area (TPSA) is 38.5 Å². The molecule has 3 atom stereocenters. The molecule has 1 saturated heterocycles. The number of hydrogen-bond donors (Lipinski definition) is 1. The van der Waals surface area contributed by atoms with Crippen molar-refractivity contribution >= 4 is 0 Å². The molecule has 2 fully saturated rings. The Bertz CT molecular complexity index is 216. The van der Waals surface area contributed by atoms with Crippen LogP contribution >= 0.6 is 0 Å². The zero-order valence-corrected chi connectivity index (χ0v) is 11.2. The molecule has 3 heteroatoms. The first-order valence-corrected chi connectivity index (χ1v) is 7.35. The van der Waals surface area contributed by atoms with Gasteiger partial charge < -0.3 is 10.5 Å². The molecule has 0 aromatic heterocycles. The van der Waals surface area contributed by atoms with Gasteiger partial charge in [0.1, 0.15) is 0 Å². The molecule has 3 unspecified atom stereocenters. The van der Waals surface area contributed by atoms with Gasteiger partial charge in [-0.05, 0) is 39.2 Å². The van der Waals surface area contributed by atoms with Crippen LogP contribution in [0.1, 0.15) is 51.4 Å². The first kappa shape index (κ1) is 13.3. The molecule has 3 nitrogen and oxygen atoms in total. The van der Waals surface area contributed by atoms with Crippen LogP contribution in [0.4, 0.5) is 0 Å². The van der Waals surface area contributed by atoms with Gasteiger partial charge in [-0.25, -0.2) is 0 Å². The molecule has 0 aromatic carbocycles. The predicted molar refractivity (Wildman–Crippen MR) is 71.1 cm³/mol. The van der Waals surface area contributed by atoms with Crippen LogP contribution in [0.5, 0.6) is 0 Å². The summed E-state index contributed by atoms with van der Waals surface area (Å²) < 4.78 is 5.82. The Labute approximate surface area is 106 Å². The zero-order chi connectivity index (χ0) is 12.1. The van der Waals surface area contributed by atoms with Crippen LogP contribution in [-0.4, -0.2) is 43.3 Å². The molecule has 0 radical (unpaired) electrons. The number of nitrogens with two attached hydrogens (primary N) is 1. The second-order valence-corrected chi connectivity index (χ2v) is 5.80. The third kappa shape index (κ3) is 3.94. The van der Waals surface area contributed by atoms with Crippen molar-refractivity contribution in [2.75, 3.05) is 20.2 Å². The number of hydrogen-bond acceptors (Lipinski definition) is 3. The highest BCUT2D eigenvalue weighted by Gasteiger charge is 2.26. The number of rotatable bonds is 3. The van der Waals surface area contributed by atoms with Gasteiger partial charge in [-0.3, -0.25) is 4.90 Å². The fourth-order valence-electron chi connectivity index (χ4n) is 3.27. The van der Waals surface area contributed by atoms with Gasteiger partial charge in [0.05, 0.1) is 6.10 Å². The van der Waals surface area contributed by atoms with E-state index < -0.39 is 0 Å². The Morgan fingerprint density at radius 2 is 1.82 bits per heavy atom. The molecule has 1 saturated carbocycles. The second kappa shape index (κ2) is 6.72. The summed E-state index contributed by atoms with van der Waals surface area (Å²) in [7, 11) is 2.23. The van der Waals surface area contributed by atoms with E-state index in [4.69, 9.17) is 10.5 Å². The minimum atomic E-state index is 0.367. The van der Waals surface area contributed by atoms with Gasteiger partial charge in [0.15, 0.2) is 0 Å². The van der Waals surface area contributed by atoms with E-state index in [0.29, 0.717) is 18.2 Å². The summed E-state index contributed by atoms with van der Waals surface area (Å²) in [4.78, 5) is 2.46. The molecule has 0 amide bonds. The van der Waals surface area contributed by atoms with Crippen molar-refractivity contribution in [1.82, 2.24) is 4.90 Å². The van der Waals surface area contributed by atoms with Gasteiger partial charge in [-0.15, -0.1) is 0 Å². The lowest BCUT2D eigenvalue weighted by Gasteiger charge is -2.35. The average Bonchev–Trinajstić information content (AvgIpc) is 2.55. The van der Waals surface area contributed by atoms with Crippen molar-refractivity contribution in [3.63, 3.8) is 0 Å². The minimum Gasteiger partial charge on any atom is -0.377 e. The summed E-state index contributed by atoms with van der Waals surface area (Å²) in [5, 5.41) is 0. The molecule has 2 aliphatic rings. The summed E-state index contributed by atoms with van der Waals surface area (Å²) in [6.45, 7) is 2.02. The molecule has 0 spiro atoms. The quantitative estimate of drug-likeness (QED) is 0.768. The van der Waals surface area contributed by atoms with Gasteiger partial charge in [-0.1, -0.05) is 19.3 Å². The van der Waals surface area contributed by atoms with Crippen molar-refractivity contribution < 1.29 is 4.74 Å². The van der Waals surface area contributed by atoms with E-state index in [1.54, 1.807) is 0 Å². The molecular weight excluding hydrogens is 212 g/mol. The third-order valence-corrected chi connectivity index (χ3v) is 4.36. The number of nitrogens with zero attached hydrogens (tertiary/aromatic N) is 1. The Morgan fingerprint density at radius 3 is 2.59 bits per heavy atom. The van der Waals surface area contributed by atoms with Gasteiger partial charge in [-0.2, -0.15) is 0 Å². The summed E-state index contributed by atoms with van der Waals surface area (Å²) >= 11 is 0. The first-order chi connectivity index (χ1) is 8.27. The van der Waals surface area contributed by atoms with Crippen LogP contribution in [0.15, 0.2) is 0 Å². The molecule has 0 bridgehead atoms. The monoisotopic (exact) mass is 240 g/mol. The van der Waals surface area contributed by atoms with E-state index in [-0.39, 0.29) is 0 Å². The van der Waals surface area contributed by atoms with Crippen LogP contribution in [-0.2, 0) is 4.74 Å². The van der Waals surface area contributed by atoms with E-state index in [1.165, 1.54) is 51.4 Å². The van der Waals surface area contributed by atoms with Gasteiger partial charge >= 0.3 is 0 Å². The average molecular weight is 240 g/mol. The highest BCUT2D eigenvalue weighted by molar-refractivity contribution is 4.84. The van der Waals surface area contributed by atoms with Crippen LogP contribution in [0.3, 0.4) is 0 Å². The lowest BCUT2D eigenvalue weighted by atomic mass is 10.0. The molecule has 2 rings (SSSR count). The predicted octanol–water partition coefficient (Wildman–Crippen LogP) is 2.15. The summed E-state index contributed by atoms with van der Waals surface area (Å²) in [5.41, 5.74) is 6.30. The highest BCUT2D eigenvalue weighted by atomic mass is 16.5. The van der Waals surface area contributed by atoms with Crippen LogP contribution < -0.4 is 5.73 Å². The molecule has 0 aromatic rings. The summed E-state index contributed by atoms with van der Waals surface area (Å²) in [6, 6.07) is 0.939. The van der Waals surface area contributed by atoms with E-state index in [2.05, 4.69) is 11.9 Å². The molecule has 100 valence electrons. The van der Waals surface area contributed by atoms with E-state index in [0.717, 1.165) is 13.2 Å². The summed E-state index contributed by atoms with van der Waals surface area (Å²) in [5.74, 6) is 0. The number of likely N-dealkylation sites (N-methyl/N-ethyl adjacent to an activating group) is 1. The second-order valence-electron chi connectivity index (χ2n) is 5.80. The molecular formula is C14H28N2O. The third-order valence-electron chi connectivity index (χ3n) is 4.36. The lowest BCUT2D eigenvalue weighted by molar-refractivity contribution is -0.0105. The van der Waals surface area contributed by atoms with Gasteiger partial charge in [0.25, 0.3) is 0 Å². The SMILES string of the molecule is CN(CC1CCCCO1)C1CCCCCC1N. The van der Waals surface area contributed by atoms with E-state index in [1.807, 2.05) is 0 Å². The lowest BCUT2D eigenvalue weighted by Crippen LogP contribution is -2.48. The maximum atomic E-state index is 6.30. The Hall–Kier alpha value is -0.120. The van der Waals surface area contributed by atoms with Crippen molar-refractivity contribution in [2.45, 2.75) is 69.6 Å². The van der Waals surface area contributed by atoms with Gasteiger partial charge in [0.2, 0.25) is 0 Å². The van der Waals surface area contributed by atoms with Crippen LogP contribution in [0.25, 0.3) is 0 Å². The Morgan fingerprint density at radius 1 is 1.06 bits per heavy atom. The Kier molecular flexibility index (Phi) is 5.26. The van der Waals surface area contributed by atoms with E-state index in [9.17, 15) is 0 Å². The van der Waals surface area contributed by atoms with Crippen molar-refractivity contribution in [1.29, 1.82) is 0 Å². The fraction of sp³-hybridized carbons (Fsp3) is 1.00. The van der Waals surface area contributed by atoms with Gasteiger partial charge in [0, 0.05) is 25.2 Å². The normalized spacial score (nSPS) is 35.8. The van der Waals surface area contributed by atoms with Crippen molar-refractivity contribution in [3.8, 4) is 0 Å².